The van der Waals surface area contributed by atoms with E-state index in [2.05, 4.69) is 29.6 Å². The summed E-state index contributed by atoms with van der Waals surface area (Å²) in [6.07, 6.45) is 2.99. The number of anilines is 2. The first-order valence-corrected chi connectivity index (χ1v) is 11.6. The third-order valence-corrected chi connectivity index (χ3v) is 6.19. The molecule has 2 aromatic carbocycles. The van der Waals surface area contributed by atoms with Crippen LogP contribution in [0.3, 0.4) is 0 Å². The number of nitrogens with one attached hydrogen (secondary N) is 2. The van der Waals surface area contributed by atoms with Crippen LogP contribution in [0.4, 0.5) is 16.3 Å². The fourth-order valence-electron chi connectivity index (χ4n) is 4.20. The molecule has 182 valence electrons. The lowest BCUT2D eigenvalue weighted by atomic mass is 10.0. The van der Waals surface area contributed by atoms with Crippen molar-refractivity contribution in [3.8, 4) is 5.69 Å². The Labute approximate surface area is 203 Å². The molecule has 35 heavy (non-hydrogen) atoms. The SMILES string of the molecule is Cc1cc(-n2ccc(NC(=O)[C@H]3CCCN3C(=O)Nc3ccc(C(C)C)cc3)n2)ccc1C(=O)O. The standard InChI is InChI=1S/C26H29N5O4/c1-16(2)18-6-8-19(9-7-18)27-26(35)30-13-4-5-22(30)24(32)28-23-12-14-31(29-23)20-10-11-21(25(33)34)17(3)15-20/h6-12,14-16,22H,4-5,13H2,1-3H3,(H,27,35)(H,33,34)(H,28,29,32)/t22-/m1/s1. The molecule has 0 spiro atoms. The van der Waals surface area contributed by atoms with Gasteiger partial charge >= 0.3 is 12.0 Å². The van der Waals surface area contributed by atoms with Gasteiger partial charge in [0.05, 0.1) is 11.3 Å². The summed E-state index contributed by atoms with van der Waals surface area (Å²) in [7, 11) is 0. The maximum absolute atomic E-state index is 13.0. The van der Waals surface area contributed by atoms with Gasteiger partial charge in [0.2, 0.25) is 5.91 Å². The van der Waals surface area contributed by atoms with Crippen LogP contribution in [-0.2, 0) is 4.79 Å². The highest BCUT2D eigenvalue weighted by Crippen LogP contribution is 2.22. The Morgan fingerprint density at radius 2 is 1.80 bits per heavy atom. The number of carboxylic acid groups (broad SMARTS) is 1. The summed E-state index contributed by atoms with van der Waals surface area (Å²) in [5, 5.41) is 19.3. The number of carbonyl (C=O) groups is 3. The van der Waals surface area contributed by atoms with E-state index in [0.717, 1.165) is 6.42 Å². The van der Waals surface area contributed by atoms with E-state index in [0.29, 0.717) is 41.6 Å². The number of carbonyl (C=O) groups excluding carboxylic acids is 2. The minimum absolute atomic E-state index is 0.227. The fraction of sp³-hybridized carbons (Fsp3) is 0.308. The molecule has 2 heterocycles. The van der Waals surface area contributed by atoms with Gasteiger partial charge in [-0.05, 0) is 67.1 Å². The van der Waals surface area contributed by atoms with Crippen molar-refractivity contribution < 1.29 is 19.5 Å². The molecule has 9 heteroatoms. The number of aromatic carboxylic acids is 1. The summed E-state index contributed by atoms with van der Waals surface area (Å²) in [5.41, 5.74) is 3.40. The van der Waals surface area contributed by atoms with E-state index in [1.807, 2.05) is 24.3 Å². The van der Waals surface area contributed by atoms with E-state index < -0.39 is 12.0 Å². The first-order chi connectivity index (χ1) is 16.7. The van der Waals surface area contributed by atoms with Crippen LogP contribution in [0.5, 0.6) is 0 Å². The smallest absolute Gasteiger partial charge is 0.335 e. The minimum Gasteiger partial charge on any atom is -0.478 e. The molecular formula is C26H29N5O4. The summed E-state index contributed by atoms with van der Waals surface area (Å²) in [5.74, 6) is -0.523. The number of hydrogen-bond donors (Lipinski definition) is 3. The molecule has 0 aliphatic carbocycles. The van der Waals surface area contributed by atoms with Crippen LogP contribution in [0.15, 0.2) is 54.7 Å². The molecule has 9 nitrogen and oxygen atoms in total. The maximum atomic E-state index is 13.0. The second-order valence-corrected chi connectivity index (χ2v) is 9.00. The number of hydrogen-bond acceptors (Lipinski definition) is 4. The number of amides is 3. The van der Waals surface area contributed by atoms with Crippen molar-refractivity contribution in [3.63, 3.8) is 0 Å². The van der Waals surface area contributed by atoms with Crippen LogP contribution in [-0.4, -0.2) is 50.3 Å². The molecule has 1 atom stereocenters. The van der Waals surface area contributed by atoms with Gasteiger partial charge in [-0.3, -0.25) is 4.79 Å². The predicted molar refractivity (Wildman–Crippen MR) is 133 cm³/mol. The lowest BCUT2D eigenvalue weighted by Crippen LogP contribution is -2.45. The van der Waals surface area contributed by atoms with Gasteiger partial charge < -0.3 is 20.6 Å². The Hall–Kier alpha value is -4.14. The monoisotopic (exact) mass is 475 g/mol. The Morgan fingerprint density at radius 1 is 1.06 bits per heavy atom. The highest BCUT2D eigenvalue weighted by molar-refractivity contribution is 5.99. The predicted octanol–water partition coefficient (Wildman–Crippen LogP) is 4.64. The van der Waals surface area contributed by atoms with E-state index >= 15 is 0 Å². The van der Waals surface area contributed by atoms with E-state index in [9.17, 15) is 19.5 Å². The van der Waals surface area contributed by atoms with Crippen LogP contribution in [0.25, 0.3) is 5.69 Å². The third-order valence-electron chi connectivity index (χ3n) is 6.19. The van der Waals surface area contributed by atoms with E-state index in [1.54, 1.807) is 40.9 Å². The number of urea groups is 1. The molecule has 0 radical (unpaired) electrons. The van der Waals surface area contributed by atoms with Gasteiger partial charge in [-0.2, -0.15) is 5.10 Å². The zero-order valence-corrected chi connectivity index (χ0v) is 20.0. The normalized spacial score (nSPS) is 15.3. The van der Waals surface area contributed by atoms with Crippen molar-refractivity contribution in [1.82, 2.24) is 14.7 Å². The van der Waals surface area contributed by atoms with Gasteiger partial charge in [0.1, 0.15) is 6.04 Å². The molecule has 0 bridgehead atoms. The second kappa shape index (κ2) is 10.0. The van der Waals surface area contributed by atoms with Crippen LogP contribution in [0, 0.1) is 6.92 Å². The first kappa shape index (κ1) is 24.0. The number of aromatic nitrogens is 2. The van der Waals surface area contributed by atoms with Gasteiger partial charge in [-0.25, -0.2) is 14.3 Å². The molecule has 0 unspecified atom stereocenters. The molecule has 4 rings (SSSR count). The summed E-state index contributed by atoms with van der Waals surface area (Å²) < 4.78 is 1.56. The lowest BCUT2D eigenvalue weighted by Gasteiger charge is -2.24. The molecule has 3 amide bonds. The number of nitrogens with zero attached hydrogens (tertiary/aromatic N) is 3. The molecule has 1 aromatic heterocycles. The van der Waals surface area contributed by atoms with E-state index in [-0.39, 0.29) is 17.5 Å². The number of aryl methyl sites for hydroxylation is 1. The van der Waals surface area contributed by atoms with Crippen molar-refractivity contribution >= 4 is 29.4 Å². The van der Waals surface area contributed by atoms with Gasteiger partial charge in [0, 0.05) is 24.5 Å². The molecule has 3 N–H and O–H groups in total. The summed E-state index contributed by atoms with van der Waals surface area (Å²) >= 11 is 0. The summed E-state index contributed by atoms with van der Waals surface area (Å²) in [4.78, 5) is 38.6. The molecule has 0 saturated carbocycles. The average molecular weight is 476 g/mol. The van der Waals surface area contributed by atoms with Gasteiger partial charge in [-0.15, -0.1) is 0 Å². The topological polar surface area (TPSA) is 117 Å². The van der Waals surface area contributed by atoms with E-state index in [4.69, 9.17) is 0 Å². The maximum Gasteiger partial charge on any atom is 0.335 e. The molecule has 1 fully saturated rings. The van der Waals surface area contributed by atoms with E-state index in [1.165, 1.54) is 11.6 Å². The van der Waals surface area contributed by atoms with Gasteiger partial charge in [0.25, 0.3) is 0 Å². The second-order valence-electron chi connectivity index (χ2n) is 9.00. The average Bonchev–Trinajstić information content (AvgIpc) is 3.49. The highest BCUT2D eigenvalue weighted by Gasteiger charge is 2.34. The number of likely N-dealkylation sites (tertiary alicyclic amines) is 1. The van der Waals surface area contributed by atoms with Crippen molar-refractivity contribution in [3.05, 3.63) is 71.4 Å². The number of carboxylic acids is 1. The van der Waals surface area contributed by atoms with Crippen LogP contribution in [0.1, 0.15) is 54.1 Å². The Bertz CT molecular complexity index is 1250. The largest absolute Gasteiger partial charge is 0.478 e. The quantitative estimate of drug-likeness (QED) is 0.480. The van der Waals surface area contributed by atoms with Crippen molar-refractivity contribution in [2.45, 2.75) is 45.6 Å². The fourth-order valence-corrected chi connectivity index (χ4v) is 4.20. The lowest BCUT2D eigenvalue weighted by molar-refractivity contribution is -0.119. The Balaban J connectivity index is 1.40. The number of rotatable bonds is 6. The molecule has 1 saturated heterocycles. The highest BCUT2D eigenvalue weighted by atomic mass is 16.4. The summed E-state index contributed by atoms with van der Waals surface area (Å²) in [6, 6.07) is 13.4. The van der Waals surface area contributed by atoms with Crippen molar-refractivity contribution in [1.29, 1.82) is 0 Å². The van der Waals surface area contributed by atoms with Crippen LogP contribution in [0.2, 0.25) is 0 Å². The van der Waals surface area contributed by atoms with Crippen LogP contribution < -0.4 is 10.6 Å². The molecule has 1 aliphatic rings. The Morgan fingerprint density at radius 3 is 2.46 bits per heavy atom. The van der Waals surface area contributed by atoms with Crippen LogP contribution >= 0.6 is 0 Å². The van der Waals surface area contributed by atoms with Gasteiger partial charge in [-0.1, -0.05) is 26.0 Å². The molecule has 3 aromatic rings. The first-order valence-electron chi connectivity index (χ1n) is 11.6. The third kappa shape index (κ3) is 5.34. The summed E-state index contributed by atoms with van der Waals surface area (Å²) in [6.45, 7) is 6.44. The van der Waals surface area contributed by atoms with Gasteiger partial charge in [0.15, 0.2) is 5.82 Å². The van der Waals surface area contributed by atoms with Crippen molar-refractivity contribution in [2.75, 3.05) is 17.2 Å². The molecule has 1 aliphatic heterocycles. The minimum atomic E-state index is -0.986. The molecular weight excluding hydrogens is 446 g/mol. The Kier molecular flexibility index (Phi) is 6.86. The number of benzene rings is 2. The zero-order valence-electron chi connectivity index (χ0n) is 20.0. The van der Waals surface area contributed by atoms with Crippen molar-refractivity contribution in [2.24, 2.45) is 0 Å². The zero-order chi connectivity index (χ0) is 25.1.